The summed E-state index contributed by atoms with van der Waals surface area (Å²) in [5.41, 5.74) is 2.28. The Hall–Kier alpha value is -2.48. The van der Waals surface area contributed by atoms with E-state index >= 15 is 0 Å². The average molecular weight is 399 g/mol. The zero-order valence-electron chi connectivity index (χ0n) is 16.6. The number of carbonyl (C=O) groups excluding carboxylic acids is 2. The molecule has 3 fully saturated rings. The molecule has 1 spiro atoms. The molecule has 3 heterocycles. The van der Waals surface area contributed by atoms with E-state index in [0.717, 1.165) is 31.4 Å². The summed E-state index contributed by atoms with van der Waals surface area (Å²) in [6, 6.07) is 3.54. The zero-order valence-corrected chi connectivity index (χ0v) is 16.6. The van der Waals surface area contributed by atoms with Crippen molar-refractivity contribution in [2.75, 3.05) is 18.4 Å². The Labute approximate surface area is 168 Å². The lowest BCUT2D eigenvalue weighted by Gasteiger charge is -2.47. The fourth-order valence-electron chi connectivity index (χ4n) is 5.05. The van der Waals surface area contributed by atoms with E-state index in [1.54, 1.807) is 17.8 Å². The van der Waals surface area contributed by atoms with Crippen LogP contribution in [0.25, 0.3) is 10.9 Å². The Kier molecular flexibility index (Phi) is 4.34. The number of piperidine rings is 1. The Balaban J connectivity index is 1.39. The van der Waals surface area contributed by atoms with Crippen molar-refractivity contribution in [1.82, 2.24) is 20.4 Å². The molecule has 1 aromatic carbocycles. The van der Waals surface area contributed by atoms with Crippen LogP contribution >= 0.6 is 0 Å². The third kappa shape index (κ3) is 3.19. The SMILES string of the molecule is Cn1nc(C2CCC(=O)NC2=O)c2cc(F)c(NC3CCC4(CC3)CNC4)cc21. The van der Waals surface area contributed by atoms with Crippen LogP contribution < -0.4 is 16.0 Å². The molecule has 29 heavy (non-hydrogen) atoms. The lowest BCUT2D eigenvalue weighted by Crippen LogP contribution is -2.55. The number of aromatic nitrogens is 2. The van der Waals surface area contributed by atoms with Gasteiger partial charge in [-0.25, -0.2) is 4.39 Å². The van der Waals surface area contributed by atoms with Crippen LogP contribution in [0.1, 0.15) is 50.1 Å². The fraction of sp³-hybridized carbons (Fsp3) is 0.571. The van der Waals surface area contributed by atoms with Gasteiger partial charge in [-0.3, -0.25) is 19.6 Å². The molecule has 2 aromatic rings. The highest BCUT2D eigenvalue weighted by molar-refractivity contribution is 6.02. The fourth-order valence-corrected chi connectivity index (χ4v) is 5.05. The summed E-state index contributed by atoms with van der Waals surface area (Å²) in [5.74, 6) is -1.48. The van der Waals surface area contributed by atoms with E-state index in [1.165, 1.54) is 18.9 Å². The maximum Gasteiger partial charge on any atom is 0.235 e. The van der Waals surface area contributed by atoms with E-state index in [4.69, 9.17) is 0 Å². The van der Waals surface area contributed by atoms with E-state index < -0.39 is 5.92 Å². The summed E-state index contributed by atoms with van der Waals surface area (Å²) >= 11 is 0. The maximum absolute atomic E-state index is 15.0. The van der Waals surface area contributed by atoms with Gasteiger partial charge in [-0.05, 0) is 49.7 Å². The van der Waals surface area contributed by atoms with Crippen molar-refractivity contribution in [2.24, 2.45) is 12.5 Å². The van der Waals surface area contributed by atoms with Crippen molar-refractivity contribution >= 4 is 28.4 Å². The predicted octanol–water partition coefficient (Wildman–Crippen LogP) is 2.18. The molecule has 1 aliphatic carbocycles. The van der Waals surface area contributed by atoms with Crippen molar-refractivity contribution < 1.29 is 14.0 Å². The van der Waals surface area contributed by atoms with Crippen LogP contribution in [0.2, 0.25) is 0 Å². The lowest BCUT2D eigenvalue weighted by atomic mass is 9.68. The number of aryl methyl sites for hydroxylation is 1. The van der Waals surface area contributed by atoms with Gasteiger partial charge >= 0.3 is 0 Å². The molecule has 1 atom stereocenters. The minimum atomic E-state index is -0.528. The Morgan fingerprint density at radius 1 is 1.21 bits per heavy atom. The first kappa shape index (κ1) is 18.5. The third-order valence-corrected chi connectivity index (χ3v) is 6.94. The van der Waals surface area contributed by atoms with Gasteiger partial charge in [-0.2, -0.15) is 5.10 Å². The number of hydrogen-bond acceptors (Lipinski definition) is 5. The summed E-state index contributed by atoms with van der Waals surface area (Å²) in [6.45, 7) is 2.22. The van der Waals surface area contributed by atoms with Crippen LogP contribution in [-0.4, -0.2) is 40.7 Å². The number of carbonyl (C=O) groups is 2. The second kappa shape index (κ2) is 6.79. The average Bonchev–Trinajstić information content (AvgIpc) is 2.97. The van der Waals surface area contributed by atoms with Crippen LogP contribution in [0.3, 0.4) is 0 Å². The minimum Gasteiger partial charge on any atom is -0.380 e. The number of nitrogens with zero attached hydrogens (tertiary/aromatic N) is 2. The largest absolute Gasteiger partial charge is 0.380 e. The number of halogens is 1. The lowest BCUT2D eigenvalue weighted by molar-refractivity contribution is -0.134. The van der Waals surface area contributed by atoms with Gasteiger partial charge in [0.05, 0.1) is 22.8 Å². The molecular weight excluding hydrogens is 373 g/mol. The zero-order chi connectivity index (χ0) is 20.2. The Bertz CT molecular complexity index is 987. The standard InChI is InChI=1S/C21H26FN5O2/c1-27-17-9-16(24-12-4-6-21(7-5-12)10-23-11-21)15(22)8-14(17)19(26-27)13-2-3-18(28)25-20(13)29/h8-9,12-13,23-24H,2-7,10-11H2,1H3,(H,25,28,29). The smallest absolute Gasteiger partial charge is 0.235 e. The van der Waals surface area contributed by atoms with Crippen LogP contribution in [-0.2, 0) is 16.6 Å². The van der Waals surface area contributed by atoms with E-state index in [0.29, 0.717) is 28.6 Å². The Morgan fingerprint density at radius 3 is 2.62 bits per heavy atom. The number of amides is 2. The van der Waals surface area contributed by atoms with Crippen LogP contribution in [0, 0.1) is 11.2 Å². The third-order valence-electron chi connectivity index (χ3n) is 6.94. The van der Waals surface area contributed by atoms with Gasteiger partial charge in [-0.15, -0.1) is 0 Å². The predicted molar refractivity (Wildman–Crippen MR) is 107 cm³/mol. The molecule has 0 radical (unpaired) electrons. The normalized spacial score (nSPS) is 24.6. The highest BCUT2D eigenvalue weighted by Crippen LogP contribution is 2.40. The van der Waals surface area contributed by atoms with Gasteiger partial charge in [0.1, 0.15) is 5.82 Å². The number of nitrogens with one attached hydrogen (secondary N) is 3. The molecule has 1 saturated carbocycles. The highest BCUT2D eigenvalue weighted by Gasteiger charge is 2.40. The van der Waals surface area contributed by atoms with Gasteiger partial charge in [0, 0.05) is 38.0 Å². The van der Waals surface area contributed by atoms with E-state index in [1.807, 2.05) is 0 Å². The van der Waals surface area contributed by atoms with Crippen molar-refractivity contribution in [1.29, 1.82) is 0 Å². The molecular formula is C21H26FN5O2. The number of rotatable bonds is 3. The van der Waals surface area contributed by atoms with Gasteiger partial charge in [0.15, 0.2) is 0 Å². The van der Waals surface area contributed by atoms with Crippen LogP contribution in [0.5, 0.6) is 0 Å². The number of hydrogen-bond donors (Lipinski definition) is 3. The van der Waals surface area contributed by atoms with Crippen molar-refractivity contribution in [3.63, 3.8) is 0 Å². The van der Waals surface area contributed by atoms with Gasteiger partial charge in [-0.1, -0.05) is 0 Å². The van der Waals surface area contributed by atoms with E-state index in [2.05, 4.69) is 21.0 Å². The molecule has 3 aliphatic rings. The number of benzene rings is 1. The quantitative estimate of drug-likeness (QED) is 0.689. The second-order valence-electron chi connectivity index (χ2n) is 8.88. The molecule has 8 heteroatoms. The number of fused-ring (bicyclic) bond motifs is 1. The van der Waals surface area contributed by atoms with E-state index in [-0.39, 0.29) is 30.1 Å². The molecule has 2 amide bonds. The molecule has 1 unspecified atom stereocenters. The second-order valence-corrected chi connectivity index (χ2v) is 8.88. The van der Waals surface area contributed by atoms with Gasteiger partial charge < -0.3 is 10.6 Å². The summed E-state index contributed by atoms with van der Waals surface area (Å²) in [6.07, 6.45) is 5.12. The number of anilines is 1. The highest BCUT2D eigenvalue weighted by atomic mass is 19.1. The van der Waals surface area contributed by atoms with Gasteiger partial charge in [0.2, 0.25) is 11.8 Å². The molecule has 154 valence electrons. The minimum absolute atomic E-state index is 0.268. The van der Waals surface area contributed by atoms with Crippen molar-refractivity contribution in [3.05, 3.63) is 23.6 Å². The first-order valence-corrected chi connectivity index (χ1v) is 10.4. The van der Waals surface area contributed by atoms with Gasteiger partial charge in [0.25, 0.3) is 0 Å². The summed E-state index contributed by atoms with van der Waals surface area (Å²) in [7, 11) is 1.80. The van der Waals surface area contributed by atoms with Crippen molar-refractivity contribution in [3.8, 4) is 0 Å². The molecule has 0 bridgehead atoms. The monoisotopic (exact) mass is 399 g/mol. The molecule has 1 aromatic heterocycles. The summed E-state index contributed by atoms with van der Waals surface area (Å²) in [4.78, 5) is 23.7. The maximum atomic E-state index is 15.0. The molecule has 7 nitrogen and oxygen atoms in total. The summed E-state index contributed by atoms with van der Waals surface area (Å²) < 4.78 is 16.6. The van der Waals surface area contributed by atoms with Crippen LogP contribution in [0.15, 0.2) is 12.1 Å². The molecule has 3 N–H and O–H groups in total. The number of imide groups is 1. The summed E-state index contributed by atoms with van der Waals surface area (Å²) in [5, 5.41) is 14.3. The van der Waals surface area contributed by atoms with Crippen molar-refractivity contribution in [2.45, 2.75) is 50.5 Å². The topological polar surface area (TPSA) is 88.0 Å². The molecule has 2 saturated heterocycles. The first-order chi connectivity index (χ1) is 13.9. The molecule has 2 aliphatic heterocycles. The Morgan fingerprint density at radius 2 is 1.97 bits per heavy atom. The van der Waals surface area contributed by atoms with E-state index in [9.17, 15) is 14.0 Å². The molecule has 5 rings (SSSR count). The first-order valence-electron chi connectivity index (χ1n) is 10.4. The van der Waals surface area contributed by atoms with Crippen LogP contribution in [0.4, 0.5) is 10.1 Å².